The van der Waals surface area contributed by atoms with E-state index in [9.17, 15) is 27.1 Å². The summed E-state index contributed by atoms with van der Waals surface area (Å²) in [5.41, 5.74) is -0.492. The maximum absolute atomic E-state index is 13.5. The average molecular weight is 355 g/mol. The molecule has 0 aliphatic carbocycles. The Kier molecular flexibility index (Phi) is 4.25. The maximum Gasteiger partial charge on any atom is 0.416 e. The van der Waals surface area contributed by atoms with Gasteiger partial charge in [-0.3, -0.25) is 0 Å². The summed E-state index contributed by atoms with van der Waals surface area (Å²) in [5.74, 6) is -1.70. The smallest absolute Gasteiger partial charge is 0.390 e. The van der Waals surface area contributed by atoms with Crippen LogP contribution in [-0.2, 0) is 12.8 Å². The Labute approximate surface area is 138 Å². The van der Waals surface area contributed by atoms with E-state index in [0.717, 1.165) is 41.1 Å². The van der Waals surface area contributed by atoms with Gasteiger partial charge in [0.1, 0.15) is 23.0 Å². The van der Waals surface area contributed by atoms with Crippen LogP contribution in [0.25, 0.3) is 16.9 Å². The fourth-order valence-corrected chi connectivity index (χ4v) is 2.37. The average Bonchev–Trinajstić information content (AvgIpc) is 2.97. The van der Waals surface area contributed by atoms with E-state index in [2.05, 4.69) is 10.3 Å². The summed E-state index contributed by atoms with van der Waals surface area (Å²) in [6.45, 7) is -0.561. The van der Waals surface area contributed by atoms with Gasteiger partial charge in [0.25, 0.3) is 0 Å². The number of alkyl halides is 3. The highest BCUT2D eigenvalue weighted by Crippen LogP contribution is 2.31. The molecule has 1 aromatic heterocycles. The van der Waals surface area contributed by atoms with Gasteiger partial charge in [-0.05, 0) is 36.4 Å². The van der Waals surface area contributed by atoms with Gasteiger partial charge in [-0.1, -0.05) is 5.21 Å². The van der Waals surface area contributed by atoms with E-state index in [4.69, 9.17) is 0 Å². The number of hydrogen-bond donors (Lipinski definition) is 1. The SMILES string of the molecule is OCc1nnn(-c2ccc(C(F)(F)F)cc2)c1-c1cc(F)cc(F)c1. The van der Waals surface area contributed by atoms with Crippen molar-refractivity contribution in [1.82, 2.24) is 15.0 Å². The lowest BCUT2D eigenvalue weighted by Crippen LogP contribution is -2.06. The molecule has 3 rings (SSSR count). The third-order valence-corrected chi connectivity index (χ3v) is 3.46. The first-order valence-corrected chi connectivity index (χ1v) is 6.99. The molecule has 0 saturated heterocycles. The van der Waals surface area contributed by atoms with E-state index in [1.54, 1.807) is 0 Å². The van der Waals surface area contributed by atoms with Crippen molar-refractivity contribution in [2.45, 2.75) is 12.8 Å². The molecule has 2 aromatic carbocycles. The van der Waals surface area contributed by atoms with Crippen LogP contribution in [0.4, 0.5) is 22.0 Å². The molecule has 1 N–H and O–H groups in total. The Balaban J connectivity index is 2.13. The zero-order chi connectivity index (χ0) is 18.2. The van der Waals surface area contributed by atoms with Crippen molar-refractivity contribution in [3.8, 4) is 16.9 Å². The summed E-state index contributed by atoms with van der Waals surface area (Å²) in [6, 6.07) is 6.71. The Morgan fingerprint density at radius 1 is 0.960 bits per heavy atom. The van der Waals surface area contributed by atoms with Gasteiger partial charge >= 0.3 is 6.18 Å². The van der Waals surface area contributed by atoms with Crippen LogP contribution in [0, 0.1) is 11.6 Å². The monoisotopic (exact) mass is 355 g/mol. The molecule has 0 aliphatic rings. The molecule has 0 aliphatic heterocycles. The number of aliphatic hydroxyl groups excluding tert-OH is 1. The summed E-state index contributed by atoms with van der Waals surface area (Å²) in [5, 5.41) is 16.9. The Hall–Kier alpha value is -2.81. The first-order valence-electron chi connectivity index (χ1n) is 6.99. The van der Waals surface area contributed by atoms with E-state index in [1.807, 2.05) is 0 Å². The molecule has 0 radical (unpaired) electrons. The number of aliphatic hydroxyl groups is 1. The van der Waals surface area contributed by atoms with Crippen molar-refractivity contribution in [3.63, 3.8) is 0 Å². The lowest BCUT2D eigenvalue weighted by atomic mass is 10.1. The molecule has 0 amide bonds. The molecule has 0 spiro atoms. The largest absolute Gasteiger partial charge is 0.416 e. The predicted octanol–water partition coefficient (Wildman–Crippen LogP) is 3.72. The zero-order valence-corrected chi connectivity index (χ0v) is 12.4. The molecule has 0 fully saturated rings. The number of aromatic nitrogens is 3. The van der Waals surface area contributed by atoms with Crippen molar-refractivity contribution >= 4 is 0 Å². The minimum Gasteiger partial charge on any atom is -0.390 e. The minimum atomic E-state index is -4.49. The Morgan fingerprint density at radius 3 is 2.08 bits per heavy atom. The van der Waals surface area contributed by atoms with Crippen LogP contribution in [0.5, 0.6) is 0 Å². The van der Waals surface area contributed by atoms with Gasteiger partial charge in [0, 0.05) is 11.6 Å². The Morgan fingerprint density at radius 2 is 1.56 bits per heavy atom. The van der Waals surface area contributed by atoms with Crippen molar-refractivity contribution in [1.29, 1.82) is 0 Å². The molecule has 9 heteroatoms. The molecule has 0 saturated carbocycles. The molecule has 4 nitrogen and oxygen atoms in total. The molecule has 0 unspecified atom stereocenters. The van der Waals surface area contributed by atoms with Crippen LogP contribution < -0.4 is 0 Å². The topological polar surface area (TPSA) is 50.9 Å². The number of nitrogens with zero attached hydrogens (tertiary/aromatic N) is 3. The van der Waals surface area contributed by atoms with Crippen molar-refractivity contribution in [3.05, 3.63) is 65.4 Å². The highest BCUT2D eigenvalue weighted by molar-refractivity contribution is 5.64. The number of rotatable bonds is 3. The zero-order valence-electron chi connectivity index (χ0n) is 12.4. The van der Waals surface area contributed by atoms with E-state index in [1.165, 1.54) is 0 Å². The third kappa shape index (κ3) is 3.36. The van der Waals surface area contributed by atoms with E-state index < -0.39 is 30.0 Å². The first-order chi connectivity index (χ1) is 11.8. The third-order valence-electron chi connectivity index (χ3n) is 3.46. The second kappa shape index (κ2) is 6.25. The fourth-order valence-electron chi connectivity index (χ4n) is 2.37. The number of halogens is 5. The van der Waals surface area contributed by atoms with Crippen molar-refractivity contribution in [2.75, 3.05) is 0 Å². The van der Waals surface area contributed by atoms with Crippen LogP contribution in [0.2, 0.25) is 0 Å². The molecular formula is C16H10F5N3O. The summed E-state index contributed by atoms with van der Waals surface area (Å²) in [6.07, 6.45) is -4.49. The summed E-state index contributed by atoms with van der Waals surface area (Å²) >= 11 is 0. The Bertz CT molecular complexity index is 883. The molecule has 1 heterocycles. The van der Waals surface area contributed by atoms with Gasteiger partial charge in [-0.25, -0.2) is 13.5 Å². The van der Waals surface area contributed by atoms with Crippen molar-refractivity contribution < 1.29 is 27.1 Å². The molecule has 130 valence electrons. The van der Waals surface area contributed by atoms with E-state index >= 15 is 0 Å². The summed E-state index contributed by atoms with van der Waals surface area (Å²) in [4.78, 5) is 0. The van der Waals surface area contributed by atoms with Gasteiger partial charge in [-0.2, -0.15) is 13.2 Å². The lowest BCUT2D eigenvalue weighted by Gasteiger charge is -2.10. The fraction of sp³-hybridized carbons (Fsp3) is 0.125. The molecule has 0 atom stereocenters. The van der Waals surface area contributed by atoms with Gasteiger partial charge < -0.3 is 5.11 Å². The van der Waals surface area contributed by atoms with Crippen LogP contribution in [0.3, 0.4) is 0 Å². The predicted molar refractivity (Wildman–Crippen MR) is 77.6 cm³/mol. The highest BCUT2D eigenvalue weighted by Gasteiger charge is 2.30. The first kappa shape index (κ1) is 17.0. The van der Waals surface area contributed by atoms with Gasteiger partial charge in [0.05, 0.1) is 17.9 Å². The molecule has 0 bridgehead atoms. The number of hydrogen-bond acceptors (Lipinski definition) is 3. The van der Waals surface area contributed by atoms with Crippen LogP contribution in [-0.4, -0.2) is 20.1 Å². The van der Waals surface area contributed by atoms with Crippen LogP contribution in [0.15, 0.2) is 42.5 Å². The second-order valence-electron chi connectivity index (χ2n) is 5.16. The van der Waals surface area contributed by atoms with Crippen LogP contribution in [0.1, 0.15) is 11.3 Å². The lowest BCUT2D eigenvalue weighted by molar-refractivity contribution is -0.137. The van der Waals surface area contributed by atoms with Crippen molar-refractivity contribution in [2.24, 2.45) is 0 Å². The second-order valence-corrected chi connectivity index (χ2v) is 5.16. The molecule has 25 heavy (non-hydrogen) atoms. The normalized spacial score (nSPS) is 11.8. The number of benzene rings is 2. The quantitative estimate of drug-likeness (QED) is 0.729. The standard InChI is InChI=1S/C16H10F5N3O/c17-11-5-9(6-12(18)7-11)15-14(8-25)22-23-24(15)13-3-1-10(2-4-13)16(19,20)21/h1-7,25H,8H2. The molecular weight excluding hydrogens is 345 g/mol. The highest BCUT2D eigenvalue weighted by atomic mass is 19.4. The summed E-state index contributed by atoms with van der Waals surface area (Å²) < 4.78 is 66.1. The van der Waals surface area contributed by atoms with E-state index in [-0.39, 0.29) is 22.6 Å². The van der Waals surface area contributed by atoms with Gasteiger partial charge in [-0.15, -0.1) is 5.10 Å². The summed E-state index contributed by atoms with van der Waals surface area (Å²) in [7, 11) is 0. The van der Waals surface area contributed by atoms with Gasteiger partial charge in [0.2, 0.25) is 0 Å². The van der Waals surface area contributed by atoms with Crippen LogP contribution >= 0.6 is 0 Å². The van der Waals surface area contributed by atoms with Gasteiger partial charge in [0.15, 0.2) is 0 Å². The minimum absolute atomic E-state index is 0.0323. The molecule has 3 aromatic rings. The van der Waals surface area contributed by atoms with E-state index in [0.29, 0.717) is 6.07 Å². The maximum atomic E-state index is 13.5.